The second-order valence-electron chi connectivity index (χ2n) is 6.12. The third-order valence-corrected chi connectivity index (χ3v) is 3.66. The molecule has 1 aromatic carbocycles. The van der Waals surface area contributed by atoms with Crippen LogP contribution in [0.4, 0.5) is 5.69 Å². The number of nitrogens with one attached hydrogen (secondary N) is 2. The Labute approximate surface area is 135 Å². The van der Waals surface area contributed by atoms with E-state index in [1.165, 1.54) is 6.21 Å². The first-order valence-electron chi connectivity index (χ1n) is 7.44. The molecule has 5 heteroatoms. The maximum atomic E-state index is 12.4. The number of hydrogen-bond donors (Lipinski definition) is 2. The highest BCUT2D eigenvalue weighted by Gasteiger charge is 2.26. The summed E-state index contributed by atoms with van der Waals surface area (Å²) in [7, 11) is 0. The number of hydrazone groups is 1. The van der Waals surface area contributed by atoms with Crippen molar-refractivity contribution in [3.63, 3.8) is 0 Å². The third-order valence-electron chi connectivity index (χ3n) is 3.66. The summed E-state index contributed by atoms with van der Waals surface area (Å²) >= 11 is 0. The van der Waals surface area contributed by atoms with Gasteiger partial charge >= 0.3 is 0 Å². The molecule has 0 fully saturated rings. The number of furan rings is 1. The molecule has 1 aliphatic rings. The predicted molar refractivity (Wildman–Crippen MR) is 91.6 cm³/mol. The lowest BCUT2D eigenvalue weighted by atomic mass is 9.89. The van der Waals surface area contributed by atoms with Gasteiger partial charge in [0.25, 0.3) is 5.91 Å². The number of anilines is 1. The molecule has 5 nitrogen and oxygen atoms in total. The number of hydrogen-bond acceptors (Lipinski definition) is 4. The molecule has 1 amide bonds. The van der Waals surface area contributed by atoms with E-state index in [0.717, 1.165) is 16.8 Å². The van der Waals surface area contributed by atoms with Crippen LogP contribution in [0.5, 0.6) is 0 Å². The molecule has 0 bridgehead atoms. The van der Waals surface area contributed by atoms with Crippen molar-refractivity contribution in [1.29, 1.82) is 0 Å². The highest BCUT2D eigenvalue weighted by atomic mass is 16.3. The molecule has 0 unspecified atom stereocenters. The molecule has 0 saturated heterocycles. The Bertz CT molecular complexity index is 787. The number of fused-ring (bicyclic) bond motifs is 1. The summed E-state index contributed by atoms with van der Waals surface area (Å²) in [4.78, 5) is 12.4. The van der Waals surface area contributed by atoms with E-state index in [1.54, 1.807) is 24.5 Å². The minimum atomic E-state index is -0.261. The molecule has 3 rings (SSSR count). The Morgan fingerprint density at radius 2 is 2.13 bits per heavy atom. The smallest absolute Gasteiger partial charge is 0.273 e. The van der Waals surface area contributed by atoms with E-state index in [1.807, 2.05) is 12.1 Å². The van der Waals surface area contributed by atoms with Crippen LogP contribution in [0.1, 0.15) is 42.5 Å². The molecule has 2 heterocycles. The van der Waals surface area contributed by atoms with Gasteiger partial charge in [0.1, 0.15) is 5.76 Å². The number of benzene rings is 1. The molecule has 1 aromatic heterocycles. The average molecular weight is 309 g/mol. The minimum absolute atomic E-state index is 0.203. The first-order valence-corrected chi connectivity index (χ1v) is 7.44. The Balaban J connectivity index is 1.85. The van der Waals surface area contributed by atoms with Gasteiger partial charge in [-0.1, -0.05) is 18.2 Å². The van der Waals surface area contributed by atoms with Gasteiger partial charge in [-0.15, -0.1) is 0 Å². The van der Waals surface area contributed by atoms with Gasteiger partial charge in [0.05, 0.1) is 29.3 Å². The first kappa shape index (κ1) is 15.1. The Morgan fingerprint density at radius 3 is 2.87 bits per heavy atom. The highest BCUT2D eigenvalue weighted by Crippen LogP contribution is 2.35. The van der Waals surface area contributed by atoms with Crippen LogP contribution in [-0.4, -0.2) is 17.7 Å². The minimum Gasteiger partial charge on any atom is -0.463 e. The van der Waals surface area contributed by atoms with Gasteiger partial charge in [-0.2, -0.15) is 5.10 Å². The van der Waals surface area contributed by atoms with Crippen LogP contribution in [0.2, 0.25) is 0 Å². The maximum Gasteiger partial charge on any atom is 0.273 e. The van der Waals surface area contributed by atoms with Crippen LogP contribution in [0.3, 0.4) is 0 Å². The van der Waals surface area contributed by atoms with Crippen LogP contribution in [0.15, 0.2) is 52.2 Å². The van der Waals surface area contributed by atoms with Gasteiger partial charge in [0, 0.05) is 5.56 Å². The second-order valence-corrected chi connectivity index (χ2v) is 6.12. The number of amides is 1. The van der Waals surface area contributed by atoms with Crippen molar-refractivity contribution in [1.82, 2.24) is 5.43 Å². The zero-order valence-corrected chi connectivity index (χ0v) is 13.4. The fourth-order valence-electron chi connectivity index (χ4n) is 2.76. The second kappa shape index (κ2) is 5.76. The van der Waals surface area contributed by atoms with E-state index >= 15 is 0 Å². The lowest BCUT2D eigenvalue weighted by Gasteiger charge is -2.32. The summed E-state index contributed by atoms with van der Waals surface area (Å²) in [6, 6.07) is 9.20. The maximum absolute atomic E-state index is 12.4. The molecule has 0 aliphatic carbocycles. The summed E-state index contributed by atoms with van der Waals surface area (Å²) in [5.41, 5.74) is 5.93. The van der Waals surface area contributed by atoms with Crippen LogP contribution in [-0.2, 0) is 0 Å². The third kappa shape index (κ3) is 3.18. The molecule has 0 atom stereocenters. The Kier molecular flexibility index (Phi) is 3.78. The lowest BCUT2D eigenvalue weighted by molar-refractivity contribution is 0.0956. The highest BCUT2D eigenvalue weighted by molar-refractivity contribution is 6.03. The normalized spacial score (nSPS) is 15.7. The van der Waals surface area contributed by atoms with Gasteiger partial charge in [0.2, 0.25) is 0 Å². The van der Waals surface area contributed by atoms with Crippen molar-refractivity contribution in [2.24, 2.45) is 5.10 Å². The lowest BCUT2D eigenvalue weighted by Crippen LogP contribution is -2.33. The summed E-state index contributed by atoms with van der Waals surface area (Å²) < 4.78 is 5.13. The van der Waals surface area contributed by atoms with Crippen LogP contribution < -0.4 is 10.7 Å². The van der Waals surface area contributed by atoms with Gasteiger partial charge in [0.15, 0.2) is 0 Å². The van der Waals surface area contributed by atoms with Crippen molar-refractivity contribution < 1.29 is 9.21 Å². The SMILES string of the molecule is CC1=CC(C)(C)Nc2c(C(=O)N/N=C\c3ccco3)cccc21. The molecule has 0 spiro atoms. The monoisotopic (exact) mass is 309 g/mol. The summed E-state index contributed by atoms with van der Waals surface area (Å²) in [6.45, 7) is 6.20. The summed E-state index contributed by atoms with van der Waals surface area (Å²) in [6.07, 6.45) is 5.18. The molecular formula is C18H19N3O2. The van der Waals surface area contributed by atoms with E-state index in [4.69, 9.17) is 4.42 Å². The number of allylic oxidation sites excluding steroid dienone is 1. The zero-order chi connectivity index (χ0) is 16.4. The zero-order valence-electron chi connectivity index (χ0n) is 13.4. The van der Waals surface area contributed by atoms with Crippen molar-refractivity contribution >= 4 is 23.4 Å². The van der Waals surface area contributed by atoms with Gasteiger partial charge in [-0.25, -0.2) is 5.43 Å². The van der Waals surface area contributed by atoms with Crippen LogP contribution in [0, 0.1) is 0 Å². The molecule has 118 valence electrons. The van der Waals surface area contributed by atoms with E-state index in [9.17, 15) is 4.79 Å². The molecule has 2 N–H and O–H groups in total. The number of carbonyl (C=O) groups is 1. The average Bonchev–Trinajstić information content (AvgIpc) is 2.98. The van der Waals surface area contributed by atoms with Gasteiger partial charge in [-0.3, -0.25) is 4.79 Å². The largest absolute Gasteiger partial charge is 0.463 e. The van der Waals surface area contributed by atoms with E-state index < -0.39 is 0 Å². The van der Waals surface area contributed by atoms with Crippen molar-refractivity contribution in [3.05, 3.63) is 59.6 Å². The number of rotatable bonds is 3. The standard InChI is InChI=1S/C18H19N3O2/c1-12-10-18(2,3)20-16-14(12)7-4-8-15(16)17(22)21-19-11-13-6-5-9-23-13/h4-11,20H,1-3H3,(H,21,22)/b19-11-. The molecule has 23 heavy (non-hydrogen) atoms. The number of carbonyl (C=O) groups excluding carboxylic acids is 1. The van der Waals surface area contributed by atoms with Crippen LogP contribution >= 0.6 is 0 Å². The molecular weight excluding hydrogens is 290 g/mol. The molecule has 0 saturated carbocycles. The molecule has 2 aromatic rings. The topological polar surface area (TPSA) is 66.6 Å². The first-order chi connectivity index (χ1) is 11.0. The van der Waals surface area contributed by atoms with Gasteiger partial charge in [-0.05, 0) is 44.5 Å². The summed E-state index contributed by atoms with van der Waals surface area (Å²) in [5.74, 6) is 0.320. The molecule has 0 radical (unpaired) electrons. The van der Waals surface area contributed by atoms with E-state index in [0.29, 0.717) is 11.3 Å². The number of nitrogens with zero attached hydrogens (tertiary/aromatic N) is 1. The van der Waals surface area contributed by atoms with E-state index in [-0.39, 0.29) is 11.4 Å². The predicted octanol–water partition coefficient (Wildman–Crippen LogP) is 3.65. The van der Waals surface area contributed by atoms with Crippen LogP contribution in [0.25, 0.3) is 5.57 Å². The quantitative estimate of drug-likeness (QED) is 0.672. The van der Waals surface area contributed by atoms with Gasteiger partial charge < -0.3 is 9.73 Å². The van der Waals surface area contributed by atoms with E-state index in [2.05, 4.69) is 42.7 Å². The fourth-order valence-corrected chi connectivity index (χ4v) is 2.76. The molecule has 1 aliphatic heterocycles. The van der Waals surface area contributed by atoms with Crippen molar-refractivity contribution in [3.8, 4) is 0 Å². The Morgan fingerprint density at radius 1 is 1.30 bits per heavy atom. The Hall–Kier alpha value is -2.82. The van der Waals surface area contributed by atoms with Crippen molar-refractivity contribution in [2.45, 2.75) is 26.3 Å². The summed E-state index contributed by atoms with van der Waals surface area (Å²) in [5, 5.41) is 7.35. The number of para-hydroxylation sites is 1. The fraction of sp³-hybridized carbons (Fsp3) is 0.222. The van der Waals surface area contributed by atoms with Crippen molar-refractivity contribution in [2.75, 3.05) is 5.32 Å².